The Bertz CT molecular complexity index is 712. The van der Waals surface area contributed by atoms with Gasteiger partial charge < -0.3 is 9.47 Å². The van der Waals surface area contributed by atoms with Gasteiger partial charge in [-0.05, 0) is 37.5 Å². The predicted octanol–water partition coefficient (Wildman–Crippen LogP) is 5.74. The molecule has 1 unspecified atom stereocenters. The van der Waals surface area contributed by atoms with Crippen LogP contribution in [-0.4, -0.2) is 18.4 Å². The number of ketones is 1. The van der Waals surface area contributed by atoms with Crippen molar-refractivity contribution in [1.82, 2.24) is 0 Å². The summed E-state index contributed by atoms with van der Waals surface area (Å²) in [6.07, 6.45) is 6.87. The first-order chi connectivity index (χ1) is 14.2. The standard InChI is InChI=1S/C25H32O4/c1-21(26)24(25(27)29-20-22-14-8-6-9-15-22)18-12-4-2-3-5-13-19-28-23-16-10-7-11-17-23/h6-11,14-17,24H,2-5,12-13,18-20H2,1H3. The topological polar surface area (TPSA) is 52.6 Å². The first kappa shape index (κ1) is 22.7. The fourth-order valence-electron chi connectivity index (χ4n) is 3.18. The Kier molecular flexibility index (Phi) is 10.6. The molecule has 4 heteroatoms. The highest BCUT2D eigenvalue weighted by Crippen LogP contribution is 2.16. The van der Waals surface area contributed by atoms with Crippen molar-refractivity contribution in [1.29, 1.82) is 0 Å². The van der Waals surface area contributed by atoms with Crippen LogP contribution in [0.25, 0.3) is 0 Å². The quantitative estimate of drug-likeness (QED) is 0.232. The minimum Gasteiger partial charge on any atom is -0.494 e. The number of benzene rings is 2. The molecule has 0 heterocycles. The van der Waals surface area contributed by atoms with E-state index in [0.717, 1.165) is 56.4 Å². The Hall–Kier alpha value is -2.62. The van der Waals surface area contributed by atoms with E-state index >= 15 is 0 Å². The molecule has 0 radical (unpaired) electrons. The summed E-state index contributed by atoms with van der Waals surface area (Å²) in [6.45, 7) is 2.43. The van der Waals surface area contributed by atoms with Crippen molar-refractivity contribution < 1.29 is 19.1 Å². The molecule has 0 aliphatic rings. The predicted molar refractivity (Wildman–Crippen MR) is 115 cm³/mol. The molecular weight excluding hydrogens is 364 g/mol. The zero-order valence-corrected chi connectivity index (χ0v) is 17.3. The van der Waals surface area contributed by atoms with Crippen molar-refractivity contribution in [3.63, 3.8) is 0 Å². The Balaban J connectivity index is 1.53. The number of para-hydroxylation sites is 1. The molecule has 156 valence electrons. The van der Waals surface area contributed by atoms with E-state index in [1.165, 1.54) is 6.92 Å². The lowest BCUT2D eigenvalue weighted by atomic mass is 9.97. The van der Waals surface area contributed by atoms with Crippen LogP contribution in [0, 0.1) is 5.92 Å². The summed E-state index contributed by atoms with van der Waals surface area (Å²) in [6, 6.07) is 19.4. The first-order valence-electron chi connectivity index (χ1n) is 10.6. The molecule has 0 saturated carbocycles. The van der Waals surface area contributed by atoms with Gasteiger partial charge in [-0.15, -0.1) is 0 Å². The second kappa shape index (κ2) is 13.5. The van der Waals surface area contributed by atoms with Gasteiger partial charge in [0.15, 0.2) is 0 Å². The number of ether oxygens (including phenoxy) is 2. The largest absolute Gasteiger partial charge is 0.494 e. The molecule has 2 rings (SSSR count). The van der Waals surface area contributed by atoms with E-state index in [-0.39, 0.29) is 12.4 Å². The van der Waals surface area contributed by atoms with Crippen LogP contribution in [0.2, 0.25) is 0 Å². The summed E-state index contributed by atoms with van der Waals surface area (Å²) in [4.78, 5) is 24.1. The lowest BCUT2D eigenvalue weighted by molar-refractivity contribution is -0.153. The molecule has 0 aliphatic heterocycles. The van der Waals surface area contributed by atoms with Crippen molar-refractivity contribution in [2.24, 2.45) is 5.92 Å². The molecule has 2 aromatic rings. The van der Waals surface area contributed by atoms with Crippen molar-refractivity contribution in [2.45, 2.75) is 58.5 Å². The Morgan fingerprint density at radius 2 is 1.38 bits per heavy atom. The highest BCUT2D eigenvalue weighted by Gasteiger charge is 2.24. The third-order valence-corrected chi connectivity index (χ3v) is 4.90. The van der Waals surface area contributed by atoms with Crippen LogP contribution in [0.5, 0.6) is 5.75 Å². The number of carbonyl (C=O) groups excluding carboxylic acids is 2. The van der Waals surface area contributed by atoms with E-state index in [2.05, 4.69) is 0 Å². The molecule has 0 fully saturated rings. The number of carbonyl (C=O) groups is 2. The number of Topliss-reactive ketones (excluding diaryl/α,β-unsaturated/α-hetero) is 1. The monoisotopic (exact) mass is 396 g/mol. The third-order valence-electron chi connectivity index (χ3n) is 4.90. The normalized spacial score (nSPS) is 11.6. The van der Waals surface area contributed by atoms with E-state index in [1.54, 1.807) is 0 Å². The molecule has 0 aliphatic carbocycles. The number of hydrogen-bond acceptors (Lipinski definition) is 4. The van der Waals surface area contributed by atoms with Gasteiger partial charge in [0, 0.05) is 0 Å². The van der Waals surface area contributed by atoms with E-state index in [1.807, 2.05) is 60.7 Å². The fraction of sp³-hybridized carbons (Fsp3) is 0.440. The maximum absolute atomic E-state index is 12.3. The van der Waals surface area contributed by atoms with E-state index in [4.69, 9.17) is 9.47 Å². The molecule has 0 amide bonds. The number of rotatable bonds is 14. The zero-order chi connectivity index (χ0) is 20.7. The summed E-state index contributed by atoms with van der Waals surface area (Å²) in [7, 11) is 0. The van der Waals surface area contributed by atoms with Gasteiger partial charge in [-0.3, -0.25) is 9.59 Å². The summed E-state index contributed by atoms with van der Waals surface area (Å²) < 4.78 is 11.0. The number of hydrogen-bond donors (Lipinski definition) is 0. The Labute approximate surface area is 174 Å². The van der Waals surface area contributed by atoms with Crippen LogP contribution in [0.15, 0.2) is 60.7 Å². The van der Waals surface area contributed by atoms with Crippen molar-refractivity contribution >= 4 is 11.8 Å². The first-order valence-corrected chi connectivity index (χ1v) is 10.6. The lowest BCUT2D eigenvalue weighted by Crippen LogP contribution is -2.24. The minimum atomic E-state index is -0.641. The minimum absolute atomic E-state index is 0.110. The van der Waals surface area contributed by atoms with E-state index in [9.17, 15) is 9.59 Å². The maximum Gasteiger partial charge on any atom is 0.316 e. The van der Waals surface area contributed by atoms with Gasteiger partial charge in [-0.2, -0.15) is 0 Å². The molecule has 0 bridgehead atoms. The van der Waals surface area contributed by atoms with Gasteiger partial charge in [0.05, 0.1) is 6.61 Å². The number of esters is 1. The van der Waals surface area contributed by atoms with Gasteiger partial charge in [0.1, 0.15) is 24.1 Å². The molecular formula is C25H32O4. The van der Waals surface area contributed by atoms with Gasteiger partial charge >= 0.3 is 5.97 Å². The van der Waals surface area contributed by atoms with E-state index < -0.39 is 11.9 Å². The summed E-state index contributed by atoms with van der Waals surface area (Å²) in [5.74, 6) is -0.236. The summed E-state index contributed by atoms with van der Waals surface area (Å²) in [5.41, 5.74) is 0.930. The van der Waals surface area contributed by atoms with Crippen molar-refractivity contribution in [2.75, 3.05) is 6.61 Å². The summed E-state index contributed by atoms with van der Waals surface area (Å²) >= 11 is 0. The SMILES string of the molecule is CC(=O)C(CCCCCCCCOc1ccccc1)C(=O)OCc1ccccc1. The molecule has 0 saturated heterocycles. The molecule has 0 aromatic heterocycles. The average Bonchev–Trinajstić information content (AvgIpc) is 2.74. The number of unbranched alkanes of at least 4 members (excludes halogenated alkanes) is 5. The van der Waals surface area contributed by atoms with E-state index in [0.29, 0.717) is 6.42 Å². The van der Waals surface area contributed by atoms with Gasteiger partial charge in [0.2, 0.25) is 0 Å². The van der Waals surface area contributed by atoms with Crippen LogP contribution < -0.4 is 4.74 Å². The second-order valence-electron chi connectivity index (χ2n) is 7.33. The van der Waals surface area contributed by atoms with Crippen LogP contribution in [-0.2, 0) is 20.9 Å². The molecule has 1 atom stereocenters. The highest BCUT2D eigenvalue weighted by atomic mass is 16.5. The molecule has 0 spiro atoms. The van der Waals surface area contributed by atoms with Gasteiger partial charge in [0.25, 0.3) is 0 Å². The smallest absolute Gasteiger partial charge is 0.316 e. The Morgan fingerprint density at radius 1 is 0.793 bits per heavy atom. The lowest BCUT2D eigenvalue weighted by Gasteiger charge is -2.13. The van der Waals surface area contributed by atoms with Gasteiger partial charge in [-0.25, -0.2) is 0 Å². The maximum atomic E-state index is 12.3. The van der Waals surface area contributed by atoms with Crippen LogP contribution in [0.1, 0.15) is 57.4 Å². The van der Waals surface area contributed by atoms with Gasteiger partial charge in [-0.1, -0.05) is 80.6 Å². The van der Waals surface area contributed by atoms with Crippen LogP contribution in [0.3, 0.4) is 0 Å². The average molecular weight is 397 g/mol. The molecule has 29 heavy (non-hydrogen) atoms. The molecule has 2 aromatic carbocycles. The summed E-state index contributed by atoms with van der Waals surface area (Å²) in [5, 5.41) is 0. The Morgan fingerprint density at radius 3 is 2.03 bits per heavy atom. The van der Waals surface area contributed by atoms with Crippen molar-refractivity contribution in [3.05, 3.63) is 66.2 Å². The van der Waals surface area contributed by atoms with Crippen LogP contribution >= 0.6 is 0 Å². The zero-order valence-electron chi connectivity index (χ0n) is 17.3. The molecule has 0 N–H and O–H groups in total. The highest BCUT2D eigenvalue weighted by molar-refractivity contribution is 5.97. The molecule has 4 nitrogen and oxygen atoms in total. The van der Waals surface area contributed by atoms with Crippen molar-refractivity contribution in [3.8, 4) is 5.75 Å². The fourth-order valence-corrected chi connectivity index (χ4v) is 3.18. The third kappa shape index (κ3) is 9.42. The second-order valence-corrected chi connectivity index (χ2v) is 7.33. The van der Waals surface area contributed by atoms with Crippen LogP contribution in [0.4, 0.5) is 0 Å².